The van der Waals surface area contributed by atoms with Crippen LogP contribution in [0.1, 0.15) is 23.9 Å². The van der Waals surface area contributed by atoms with Gasteiger partial charge in [0.15, 0.2) is 5.76 Å². The Morgan fingerprint density at radius 3 is 2.72 bits per heavy atom. The van der Waals surface area contributed by atoms with Crippen molar-refractivity contribution in [2.24, 2.45) is 0 Å². The number of hydrogen-bond donors (Lipinski definition) is 3. The first-order valence-corrected chi connectivity index (χ1v) is 5.32. The highest BCUT2D eigenvalue weighted by molar-refractivity contribution is 5.94. The van der Waals surface area contributed by atoms with Gasteiger partial charge in [0.2, 0.25) is 5.91 Å². The summed E-state index contributed by atoms with van der Waals surface area (Å²) in [6.07, 6.45) is 1.18. The third-order valence-electron chi connectivity index (χ3n) is 2.04. The Morgan fingerprint density at radius 2 is 2.17 bits per heavy atom. The van der Waals surface area contributed by atoms with Crippen LogP contribution in [0.3, 0.4) is 0 Å². The Labute approximate surface area is 103 Å². The Hall–Kier alpha value is -2.31. The quantitative estimate of drug-likeness (QED) is 0.661. The van der Waals surface area contributed by atoms with Gasteiger partial charge >= 0.3 is 5.97 Å². The molecule has 1 rings (SSSR count). The number of carboxylic acids is 1. The molecule has 0 aliphatic rings. The van der Waals surface area contributed by atoms with Crippen LogP contribution < -0.4 is 10.6 Å². The van der Waals surface area contributed by atoms with Crippen LogP contribution in [0.25, 0.3) is 0 Å². The lowest BCUT2D eigenvalue weighted by Crippen LogP contribution is -2.41. The van der Waals surface area contributed by atoms with Gasteiger partial charge < -0.3 is 20.2 Å². The molecule has 0 aliphatic heterocycles. The molecule has 7 nitrogen and oxygen atoms in total. The van der Waals surface area contributed by atoms with Crippen molar-refractivity contribution in [3.63, 3.8) is 0 Å². The van der Waals surface area contributed by atoms with E-state index in [1.807, 2.05) is 0 Å². The molecule has 0 radical (unpaired) electrons. The molecule has 0 aromatic carbocycles. The number of amides is 2. The van der Waals surface area contributed by atoms with E-state index in [9.17, 15) is 14.4 Å². The minimum Gasteiger partial charge on any atom is -0.481 e. The molecule has 1 aromatic rings. The van der Waals surface area contributed by atoms with Gasteiger partial charge in [0.05, 0.1) is 19.2 Å². The van der Waals surface area contributed by atoms with E-state index in [-0.39, 0.29) is 18.7 Å². The van der Waals surface area contributed by atoms with Gasteiger partial charge in [-0.25, -0.2) is 0 Å². The molecule has 0 aliphatic carbocycles. The number of carbonyl (C=O) groups is 3. The van der Waals surface area contributed by atoms with Crippen molar-refractivity contribution in [2.75, 3.05) is 6.54 Å². The van der Waals surface area contributed by atoms with Gasteiger partial charge in [-0.1, -0.05) is 0 Å². The lowest BCUT2D eigenvalue weighted by Gasteiger charge is -2.11. The Kier molecular flexibility index (Phi) is 4.91. The van der Waals surface area contributed by atoms with Crippen LogP contribution in [-0.2, 0) is 9.59 Å². The van der Waals surface area contributed by atoms with Crippen LogP contribution >= 0.6 is 0 Å². The SMILES string of the molecule is CC(CC(=O)O)NC(=O)CNC(=O)c1ccco1. The molecule has 18 heavy (non-hydrogen) atoms. The highest BCUT2D eigenvalue weighted by atomic mass is 16.4. The summed E-state index contributed by atoms with van der Waals surface area (Å²) < 4.78 is 4.84. The highest BCUT2D eigenvalue weighted by Crippen LogP contribution is 1.98. The predicted molar refractivity (Wildman–Crippen MR) is 60.9 cm³/mol. The predicted octanol–water partition coefficient (Wildman–Crippen LogP) is -0.0112. The van der Waals surface area contributed by atoms with E-state index in [1.165, 1.54) is 12.3 Å². The third kappa shape index (κ3) is 4.69. The molecule has 0 fully saturated rings. The topological polar surface area (TPSA) is 109 Å². The van der Waals surface area contributed by atoms with E-state index in [0.717, 1.165) is 0 Å². The smallest absolute Gasteiger partial charge is 0.305 e. The summed E-state index contributed by atoms with van der Waals surface area (Å²) >= 11 is 0. The van der Waals surface area contributed by atoms with Crippen molar-refractivity contribution in [1.82, 2.24) is 10.6 Å². The molecule has 1 unspecified atom stereocenters. The number of carboxylic acid groups (broad SMARTS) is 1. The molecule has 98 valence electrons. The molecule has 1 aromatic heterocycles. The molecule has 0 spiro atoms. The first-order valence-electron chi connectivity index (χ1n) is 5.32. The molecule has 1 atom stereocenters. The standard InChI is InChI=1S/C11H14N2O5/c1-7(5-10(15)16)13-9(14)6-12-11(17)8-3-2-4-18-8/h2-4,7H,5-6H2,1H3,(H,12,17)(H,13,14)(H,15,16). The zero-order valence-electron chi connectivity index (χ0n) is 9.80. The second-order valence-electron chi connectivity index (χ2n) is 3.73. The summed E-state index contributed by atoms with van der Waals surface area (Å²) in [7, 11) is 0. The van der Waals surface area contributed by atoms with Crippen LogP contribution in [0.4, 0.5) is 0 Å². The number of rotatable bonds is 6. The summed E-state index contributed by atoms with van der Waals surface area (Å²) in [5, 5.41) is 13.3. The van der Waals surface area contributed by atoms with Crippen molar-refractivity contribution in [2.45, 2.75) is 19.4 Å². The zero-order chi connectivity index (χ0) is 13.5. The van der Waals surface area contributed by atoms with Gasteiger partial charge in [0.1, 0.15) is 0 Å². The maximum absolute atomic E-state index is 11.4. The van der Waals surface area contributed by atoms with Crippen molar-refractivity contribution in [3.05, 3.63) is 24.2 Å². The molecule has 7 heteroatoms. The summed E-state index contributed by atoms with van der Waals surface area (Å²) in [6, 6.07) is 2.54. The molecule has 3 N–H and O–H groups in total. The second kappa shape index (κ2) is 6.43. The van der Waals surface area contributed by atoms with Crippen molar-refractivity contribution in [1.29, 1.82) is 0 Å². The van der Waals surface area contributed by atoms with Crippen LogP contribution in [0.2, 0.25) is 0 Å². The minimum absolute atomic E-state index is 0.112. The lowest BCUT2D eigenvalue weighted by atomic mass is 10.2. The number of nitrogens with one attached hydrogen (secondary N) is 2. The highest BCUT2D eigenvalue weighted by Gasteiger charge is 2.13. The molecule has 0 saturated heterocycles. The maximum atomic E-state index is 11.4. The summed E-state index contributed by atoms with van der Waals surface area (Å²) in [5.41, 5.74) is 0. The van der Waals surface area contributed by atoms with E-state index < -0.39 is 23.8 Å². The number of hydrogen-bond acceptors (Lipinski definition) is 4. The Balaban J connectivity index is 2.29. The van der Waals surface area contributed by atoms with E-state index in [1.54, 1.807) is 13.0 Å². The normalized spacial score (nSPS) is 11.6. The lowest BCUT2D eigenvalue weighted by molar-refractivity contribution is -0.137. The van der Waals surface area contributed by atoms with Gasteiger partial charge in [-0.05, 0) is 19.1 Å². The molecule has 0 saturated carbocycles. The average Bonchev–Trinajstić information content (AvgIpc) is 2.77. The molecular weight excluding hydrogens is 240 g/mol. The Bertz CT molecular complexity index is 427. The maximum Gasteiger partial charge on any atom is 0.305 e. The van der Waals surface area contributed by atoms with Gasteiger partial charge in [-0.2, -0.15) is 0 Å². The van der Waals surface area contributed by atoms with E-state index in [0.29, 0.717) is 0 Å². The largest absolute Gasteiger partial charge is 0.481 e. The van der Waals surface area contributed by atoms with E-state index in [4.69, 9.17) is 9.52 Å². The summed E-state index contributed by atoms with van der Waals surface area (Å²) in [4.78, 5) is 33.1. The van der Waals surface area contributed by atoms with Crippen molar-refractivity contribution in [3.8, 4) is 0 Å². The molecule has 1 heterocycles. The molecule has 2 amide bonds. The monoisotopic (exact) mass is 254 g/mol. The van der Waals surface area contributed by atoms with Crippen LogP contribution in [0, 0.1) is 0 Å². The fraction of sp³-hybridized carbons (Fsp3) is 0.364. The fourth-order valence-corrected chi connectivity index (χ4v) is 1.29. The van der Waals surface area contributed by atoms with Gasteiger partial charge in [0.25, 0.3) is 5.91 Å². The van der Waals surface area contributed by atoms with Gasteiger partial charge in [-0.3, -0.25) is 14.4 Å². The zero-order valence-corrected chi connectivity index (χ0v) is 9.80. The van der Waals surface area contributed by atoms with Gasteiger partial charge in [-0.15, -0.1) is 0 Å². The van der Waals surface area contributed by atoms with Gasteiger partial charge in [0, 0.05) is 6.04 Å². The van der Waals surface area contributed by atoms with E-state index >= 15 is 0 Å². The first kappa shape index (κ1) is 13.8. The Morgan fingerprint density at radius 1 is 1.44 bits per heavy atom. The minimum atomic E-state index is -0.998. The van der Waals surface area contributed by atoms with Crippen molar-refractivity contribution >= 4 is 17.8 Å². The van der Waals surface area contributed by atoms with Crippen LogP contribution in [0.5, 0.6) is 0 Å². The average molecular weight is 254 g/mol. The number of aliphatic carboxylic acids is 1. The number of furan rings is 1. The van der Waals surface area contributed by atoms with Crippen molar-refractivity contribution < 1.29 is 23.9 Å². The molecule has 0 bridgehead atoms. The third-order valence-corrected chi connectivity index (χ3v) is 2.04. The second-order valence-corrected chi connectivity index (χ2v) is 3.73. The summed E-state index contributed by atoms with van der Waals surface area (Å²) in [5.74, 6) is -1.84. The number of carbonyl (C=O) groups excluding carboxylic acids is 2. The van der Waals surface area contributed by atoms with Crippen LogP contribution in [-0.4, -0.2) is 35.5 Å². The van der Waals surface area contributed by atoms with Crippen LogP contribution in [0.15, 0.2) is 22.8 Å². The molecular formula is C11H14N2O5. The summed E-state index contributed by atoms with van der Waals surface area (Å²) in [6.45, 7) is 1.34. The van der Waals surface area contributed by atoms with E-state index in [2.05, 4.69) is 10.6 Å². The fourth-order valence-electron chi connectivity index (χ4n) is 1.29. The first-order chi connectivity index (χ1) is 8.49.